The second-order valence-corrected chi connectivity index (χ2v) is 4.66. The molecule has 2 aliphatic heterocycles. The van der Waals surface area contributed by atoms with Gasteiger partial charge in [-0.15, -0.1) is 0 Å². The van der Waals surface area contributed by atoms with Gasteiger partial charge in [-0.1, -0.05) is 5.11 Å². The third-order valence-corrected chi connectivity index (χ3v) is 3.88. The average molecular weight is 238 g/mol. The quantitative estimate of drug-likeness (QED) is 0.304. The van der Waals surface area contributed by atoms with Gasteiger partial charge in [0.25, 0.3) is 0 Å². The number of amides is 1. The first-order valence-corrected chi connectivity index (χ1v) is 6.00. The van der Waals surface area contributed by atoms with E-state index in [1.165, 1.54) is 0 Å². The van der Waals surface area contributed by atoms with Crippen molar-refractivity contribution in [1.29, 1.82) is 0 Å². The first-order valence-electron chi connectivity index (χ1n) is 6.00. The minimum absolute atomic E-state index is 0.214. The summed E-state index contributed by atoms with van der Waals surface area (Å²) in [6.07, 6.45) is 2.89. The summed E-state index contributed by atoms with van der Waals surface area (Å²) in [5, 5.41) is 6.68. The minimum Gasteiger partial charge on any atom is -0.368 e. The molecule has 17 heavy (non-hydrogen) atoms. The number of primary amides is 1. The number of hydrogen-bond donors (Lipinski definition) is 2. The maximum Gasteiger partial charge on any atom is 0.239 e. The molecule has 1 amide bonds. The van der Waals surface area contributed by atoms with Crippen LogP contribution in [-0.2, 0) is 4.79 Å². The summed E-state index contributed by atoms with van der Waals surface area (Å²) in [6, 6.07) is 0.214. The van der Waals surface area contributed by atoms with E-state index in [2.05, 4.69) is 20.2 Å². The van der Waals surface area contributed by atoms with E-state index in [1.54, 1.807) is 0 Å². The lowest BCUT2D eigenvalue weighted by Crippen LogP contribution is -2.61. The second kappa shape index (κ2) is 4.91. The van der Waals surface area contributed by atoms with Crippen LogP contribution in [0.15, 0.2) is 5.11 Å². The van der Waals surface area contributed by atoms with Gasteiger partial charge in [-0.3, -0.25) is 9.69 Å². The van der Waals surface area contributed by atoms with Gasteiger partial charge in [-0.05, 0) is 31.3 Å². The summed E-state index contributed by atoms with van der Waals surface area (Å²) in [7, 11) is 0. The van der Waals surface area contributed by atoms with Crippen LogP contribution in [0, 0.1) is 0 Å². The predicted molar refractivity (Wildman–Crippen MR) is 63.2 cm³/mol. The van der Waals surface area contributed by atoms with Crippen LogP contribution in [0.4, 0.5) is 0 Å². The molecular formula is C10H18N6O. The van der Waals surface area contributed by atoms with Crippen LogP contribution in [0.2, 0.25) is 0 Å². The van der Waals surface area contributed by atoms with Crippen LogP contribution >= 0.6 is 0 Å². The molecule has 0 aliphatic carbocycles. The maximum atomic E-state index is 11.8. The monoisotopic (exact) mass is 238 g/mol. The van der Waals surface area contributed by atoms with Crippen molar-refractivity contribution in [2.45, 2.75) is 30.8 Å². The van der Waals surface area contributed by atoms with Gasteiger partial charge in [-0.2, -0.15) is 0 Å². The number of carbonyl (C=O) groups excluding carboxylic acids is 1. The van der Waals surface area contributed by atoms with Crippen molar-refractivity contribution in [3.05, 3.63) is 10.4 Å². The Morgan fingerprint density at radius 3 is 3.18 bits per heavy atom. The fourth-order valence-corrected chi connectivity index (χ4v) is 3.09. The highest BCUT2D eigenvalue weighted by Gasteiger charge is 2.52. The Labute approximate surface area is 100.0 Å². The van der Waals surface area contributed by atoms with Crippen molar-refractivity contribution >= 4 is 5.91 Å². The zero-order chi connectivity index (χ0) is 12.3. The normalized spacial score (nSPS) is 32.1. The molecule has 2 heterocycles. The van der Waals surface area contributed by atoms with Crippen molar-refractivity contribution in [2.24, 2.45) is 10.8 Å². The number of nitrogens with one attached hydrogen (secondary N) is 1. The van der Waals surface area contributed by atoms with Crippen LogP contribution in [-0.4, -0.2) is 48.6 Å². The zero-order valence-corrected chi connectivity index (χ0v) is 9.80. The number of rotatable bonds is 5. The molecule has 2 fully saturated rings. The number of carbonyl (C=O) groups is 1. The predicted octanol–water partition coefficient (Wildman–Crippen LogP) is -0.0215. The maximum absolute atomic E-state index is 11.8. The van der Waals surface area contributed by atoms with Gasteiger partial charge in [0.15, 0.2) is 0 Å². The molecule has 0 spiro atoms. The lowest BCUT2D eigenvalue weighted by atomic mass is 9.87. The Balaban J connectivity index is 2.05. The van der Waals surface area contributed by atoms with E-state index in [4.69, 9.17) is 11.3 Å². The number of hydrogen-bond acceptors (Lipinski definition) is 4. The van der Waals surface area contributed by atoms with Gasteiger partial charge >= 0.3 is 0 Å². The average Bonchev–Trinajstić information content (AvgIpc) is 2.87. The standard InChI is InChI=1S/C10H18N6O/c11-9(17)10(13-4-5-14-15-12)3-7-16-6-1-2-8(10)16/h8,13H,1-7H2,(H2,11,17). The molecule has 2 unspecified atom stereocenters. The van der Waals surface area contributed by atoms with Gasteiger partial charge < -0.3 is 11.1 Å². The Morgan fingerprint density at radius 2 is 2.47 bits per heavy atom. The molecule has 2 aliphatic rings. The summed E-state index contributed by atoms with van der Waals surface area (Å²) in [4.78, 5) is 16.8. The van der Waals surface area contributed by atoms with Crippen molar-refractivity contribution in [3.63, 3.8) is 0 Å². The minimum atomic E-state index is -0.624. The summed E-state index contributed by atoms with van der Waals surface area (Å²) < 4.78 is 0. The molecule has 2 atom stereocenters. The van der Waals surface area contributed by atoms with Gasteiger partial charge in [0, 0.05) is 30.6 Å². The number of azide groups is 1. The molecule has 7 heteroatoms. The van der Waals surface area contributed by atoms with E-state index >= 15 is 0 Å². The molecular weight excluding hydrogens is 220 g/mol. The topological polar surface area (TPSA) is 107 Å². The van der Waals surface area contributed by atoms with Crippen LogP contribution in [0.1, 0.15) is 19.3 Å². The van der Waals surface area contributed by atoms with E-state index in [-0.39, 0.29) is 11.9 Å². The SMILES string of the molecule is [N-]=[N+]=NCCNC1(C(N)=O)CCN2CCCC21. The first-order chi connectivity index (χ1) is 8.20. The van der Waals surface area contributed by atoms with E-state index in [0.29, 0.717) is 13.1 Å². The van der Waals surface area contributed by atoms with E-state index in [1.807, 2.05) is 0 Å². The molecule has 2 saturated heterocycles. The van der Waals surface area contributed by atoms with E-state index in [9.17, 15) is 4.79 Å². The third kappa shape index (κ3) is 2.09. The molecule has 0 radical (unpaired) electrons. The molecule has 0 bridgehead atoms. The molecule has 0 saturated carbocycles. The van der Waals surface area contributed by atoms with Gasteiger partial charge in [0.05, 0.1) is 0 Å². The fourth-order valence-electron chi connectivity index (χ4n) is 3.09. The summed E-state index contributed by atoms with van der Waals surface area (Å²) in [5.41, 5.74) is 13.2. The smallest absolute Gasteiger partial charge is 0.239 e. The molecule has 3 N–H and O–H groups in total. The van der Waals surface area contributed by atoms with Gasteiger partial charge in [0.2, 0.25) is 5.91 Å². The number of fused-ring (bicyclic) bond motifs is 1. The van der Waals surface area contributed by atoms with Crippen molar-refractivity contribution in [1.82, 2.24) is 10.2 Å². The van der Waals surface area contributed by atoms with Crippen LogP contribution < -0.4 is 11.1 Å². The fraction of sp³-hybridized carbons (Fsp3) is 0.900. The molecule has 94 valence electrons. The zero-order valence-electron chi connectivity index (χ0n) is 9.80. The van der Waals surface area contributed by atoms with Gasteiger partial charge in [-0.25, -0.2) is 0 Å². The lowest BCUT2D eigenvalue weighted by Gasteiger charge is -2.33. The highest BCUT2D eigenvalue weighted by molar-refractivity contribution is 5.86. The highest BCUT2D eigenvalue weighted by Crippen LogP contribution is 2.35. The Morgan fingerprint density at radius 1 is 1.65 bits per heavy atom. The van der Waals surface area contributed by atoms with E-state index < -0.39 is 5.54 Å². The highest BCUT2D eigenvalue weighted by atomic mass is 16.1. The van der Waals surface area contributed by atoms with Crippen molar-refractivity contribution < 1.29 is 4.79 Å². The second-order valence-electron chi connectivity index (χ2n) is 4.66. The first kappa shape index (κ1) is 12.2. The molecule has 0 aromatic rings. The number of nitrogens with two attached hydrogens (primary N) is 1. The summed E-state index contributed by atoms with van der Waals surface area (Å²) in [6.45, 7) is 2.81. The summed E-state index contributed by atoms with van der Waals surface area (Å²) >= 11 is 0. The Kier molecular flexibility index (Phi) is 3.51. The van der Waals surface area contributed by atoms with Crippen molar-refractivity contribution in [3.8, 4) is 0 Å². The molecule has 0 aromatic heterocycles. The van der Waals surface area contributed by atoms with Crippen LogP contribution in [0.3, 0.4) is 0 Å². The third-order valence-electron chi connectivity index (χ3n) is 3.88. The van der Waals surface area contributed by atoms with E-state index in [0.717, 1.165) is 32.4 Å². The molecule has 7 nitrogen and oxygen atoms in total. The molecule has 0 aromatic carbocycles. The molecule has 2 rings (SSSR count). The van der Waals surface area contributed by atoms with Crippen LogP contribution in [0.25, 0.3) is 10.4 Å². The Hall–Kier alpha value is -1.30. The van der Waals surface area contributed by atoms with Crippen LogP contribution in [0.5, 0.6) is 0 Å². The lowest BCUT2D eigenvalue weighted by molar-refractivity contribution is -0.125. The van der Waals surface area contributed by atoms with Crippen molar-refractivity contribution in [2.75, 3.05) is 26.2 Å². The largest absolute Gasteiger partial charge is 0.368 e. The number of nitrogens with zero attached hydrogens (tertiary/aromatic N) is 4. The summed E-state index contributed by atoms with van der Waals surface area (Å²) in [5.74, 6) is -0.284. The van der Waals surface area contributed by atoms with Gasteiger partial charge in [0.1, 0.15) is 5.54 Å². The Bertz CT molecular complexity index is 353.